The van der Waals surface area contributed by atoms with E-state index >= 15 is 0 Å². The number of nitrogens with two attached hydrogens (primary N) is 1. The summed E-state index contributed by atoms with van der Waals surface area (Å²) in [5, 5.41) is 0.655. The van der Waals surface area contributed by atoms with Gasteiger partial charge in [0.15, 0.2) is 0 Å². The van der Waals surface area contributed by atoms with Crippen molar-refractivity contribution in [2.45, 2.75) is 39.7 Å². The van der Waals surface area contributed by atoms with Gasteiger partial charge in [-0.05, 0) is 32.4 Å². The minimum absolute atomic E-state index is 0.284. The zero-order valence-corrected chi connectivity index (χ0v) is 14.3. The van der Waals surface area contributed by atoms with E-state index in [-0.39, 0.29) is 6.04 Å². The molecule has 0 aliphatic heterocycles. The van der Waals surface area contributed by atoms with Crippen LogP contribution >= 0.6 is 27.5 Å². The van der Waals surface area contributed by atoms with Crippen molar-refractivity contribution in [1.29, 1.82) is 0 Å². The average Bonchev–Trinajstić information content (AvgIpc) is 2.67. The number of hydrogen-bond donors (Lipinski definition) is 1. The molecule has 0 saturated carbocycles. The van der Waals surface area contributed by atoms with Gasteiger partial charge in [-0.25, -0.2) is 4.98 Å². The van der Waals surface area contributed by atoms with Crippen molar-refractivity contribution in [1.82, 2.24) is 9.55 Å². The number of imidazole rings is 1. The Balaban J connectivity index is 2.60. The summed E-state index contributed by atoms with van der Waals surface area (Å²) < 4.78 is 3.04. The molecule has 0 fully saturated rings. The van der Waals surface area contributed by atoms with Crippen molar-refractivity contribution in [3.63, 3.8) is 0 Å². The Labute approximate surface area is 133 Å². The highest BCUT2D eigenvalue weighted by Crippen LogP contribution is 2.35. The predicted molar refractivity (Wildman–Crippen MR) is 89.2 cm³/mol. The van der Waals surface area contributed by atoms with Crippen LogP contribution in [0.15, 0.2) is 22.7 Å². The first kappa shape index (κ1) is 15.4. The van der Waals surface area contributed by atoms with Gasteiger partial charge >= 0.3 is 0 Å². The van der Waals surface area contributed by atoms with Crippen molar-refractivity contribution in [3.05, 3.63) is 33.5 Å². The lowest BCUT2D eigenvalue weighted by atomic mass is 10.1. The van der Waals surface area contributed by atoms with Gasteiger partial charge in [-0.2, -0.15) is 0 Å². The van der Waals surface area contributed by atoms with E-state index in [1.165, 1.54) is 0 Å². The summed E-state index contributed by atoms with van der Waals surface area (Å²) in [6.45, 7) is 6.37. The zero-order valence-electron chi connectivity index (χ0n) is 12.0. The summed E-state index contributed by atoms with van der Waals surface area (Å²) in [5.74, 6) is 1.71. The van der Waals surface area contributed by atoms with Gasteiger partial charge in [0.25, 0.3) is 0 Å². The van der Waals surface area contributed by atoms with Gasteiger partial charge in [-0.3, -0.25) is 0 Å². The second-order valence-corrected chi connectivity index (χ2v) is 6.42. The molecule has 0 unspecified atom stereocenters. The van der Waals surface area contributed by atoms with Gasteiger partial charge < -0.3 is 10.3 Å². The standard InChI is InChI=1S/C15H19BrClN3/c1-4-5-13-19-14(15(18)20(13)9(2)3)11-7-6-10(16)8-12(11)17/h6-9H,4-5,18H2,1-3H3. The summed E-state index contributed by atoms with van der Waals surface area (Å²) >= 11 is 9.73. The van der Waals surface area contributed by atoms with Crippen LogP contribution in [0, 0.1) is 0 Å². The van der Waals surface area contributed by atoms with Gasteiger partial charge in [-0.1, -0.05) is 40.5 Å². The molecular weight excluding hydrogens is 338 g/mol. The van der Waals surface area contributed by atoms with Crippen molar-refractivity contribution >= 4 is 33.3 Å². The van der Waals surface area contributed by atoms with E-state index in [1.54, 1.807) is 0 Å². The Morgan fingerprint density at radius 1 is 1.40 bits per heavy atom. The van der Waals surface area contributed by atoms with E-state index in [0.29, 0.717) is 10.8 Å². The third kappa shape index (κ3) is 2.86. The lowest BCUT2D eigenvalue weighted by Gasteiger charge is -2.13. The Bertz CT molecular complexity index is 620. The topological polar surface area (TPSA) is 43.8 Å². The van der Waals surface area contributed by atoms with Gasteiger partial charge in [0, 0.05) is 22.5 Å². The molecule has 0 spiro atoms. The van der Waals surface area contributed by atoms with E-state index in [1.807, 2.05) is 18.2 Å². The van der Waals surface area contributed by atoms with Crippen LogP contribution < -0.4 is 5.73 Å². The lowest BCUT2D eigenvalue weighted by molar-refractivity contribution is 0.571. The first-order valence-corrected chi connectivity index (χ1v) is 7.94. The fourth-order valence-corrected chi connectivity index (χ4v) is 3.11. The van der Waals surface area contributed by atoms with Gasteiger partial charge in [0.05, 0.1) is 5.02 Å². The van der Waals surface area contributed by atoms with Crippen LogP contribution in [0.5, 0.6) is 0 Å². The largest absolute Gasteiger partial charge is 0.383 e. The number of halogens is 2. The summed E-state index contributed by atoms with van der Waals surface area (Å²) in [7, 11) is 0. The smallest absolute Gasteiger partial charge is 0.132 e. The molecule has 1 aromatic heterocycles. The van der Waals surface area contributed by atoms with Crippen LogP contribution in [0.4, 0.5) is 5.82 Å². The van der Waals surface area contributed by atoms with Crippen LogP contribution in [0.25, 0.3) is 11.3 Å². The maximum absolute atomic E-state index is 6.32. The predicted octanol–water partition coefficient (Wildman–Crippen LogP) is 5.08. The second-order valence-electron chi connectivity index (χ2n) is 5.10. The monoisotopic (exact) mass is 355 g/mol. The third-order valence-electron chi connectivity index (χ3n) is 3.20. The minimum atomic E-state index is 0.284. The molecule has 0 aliphatic carbocycles. The molecule has 0 atom stereocenters. The van der Waals surface area contributed by atoms with E-state index in [0.717, 1.165) is 34.4 Å². The maximum Gasteiger partial charge on any atom is 0.132 e. The van der Waals surface area contributed by atoms with Crippen LogP contribution in [0.2, 0.25) is 5.02 Å². The van der Waals surface area contributed by atoms with Crippen molar-refractivity contribution in [3.8, 4) is 11.3 Å². The molecule has 0 radical (unpaired) electrons. The number of benzene rings is 1. The second kappa shape index (κ2) is 6.19. The highest BCUT2D eigenvalue weighted by atomic mass is 79.9. The molecule has 0 bridgehead atoms. The lowest BCUT2D eigenvalue weighted by Crippen LogP contribution is -2.09. The van der Waals surface area contributed by atoms with Crippen molar-refractivity contribution in [2.75, 3.05) is 5.73 Å². The third-order valence-corrected chi connectivity index (χ3v) is 4.00. The Morgan fingerprint density at radius 3 is 2.65 bits per heavy atom. The Kier molecular flexibility index (Phi) is 4.76. The molecule has 2 aromatic rings. The molecule has 2 rings (SSSR count). The van der Waals surface area contributed by atoms with E-state index in [4.69, 9.17) is 22.3 Å². The average molecular weight is 357 g/mol. The number of nitrogens with zero attached hydrogens (tertiary/aromatic N) is 2. The van der Waals surface area contributed by atoms with Gasteiger partial charge in [0.1, 0.15) is 17.3 Å². The molecule has 1 heterocycles. The SMILES string of the molecule is CCCc1nc(-c2ccc(Br)cc2Cl)c(N)n1C(C)C. The fraction of sp³-hybridized carbons (Fsp3) is 0.400. The summed E-state index contributed by atoms with van der Waals surface area (Å²) in [6, 6.07) is 6.05. The molecule has 1 aromatic carbocycles. The molecule has 0 amide bonds. The number of aryl methyl sites for hydroxylation is 1. The fourth-order valence-electron chi connectivity index (χ4n) is 2.35. The molecule has 108 valence electrons. The van der Waals surface area contributed by atoms with E-state index in [9.17, 15) is 0 Å². The normalized spacial score (nSPS) is 11.3. The number of hydrogen-bond acceptors (Lipinski definition) is 2. The number of rotatable bonds is 4. The maximum atomic E-state index is 6.32. The highest BCUT2D eigenvalue weighted by Gasteiger charge is 2.19. The van der Waals surface area contributed by atoms with E-state index < -0.39 is 0 Å². The van der Waals surface area contributed by atoms with E-state index in [2.05, 4.69) is 41.3 Å². The van der Waals surface area contributed by atoms with Gasteiger partial charge in [0.2, 0.25) is 0 Å². The molecule has 0 saturated heterocycles. The first-order chi connectivity index (χ1) is 9.45. The van der Waals surface area contributed by atoms with Crippen LogP contribution in [0.3, 0.4) is 0 Å². The van der Waals surface area contributed by atoms with Crippen LogP contribution in [-0.2, 0) is 6.42 Å². The van der Waals surface area contributed by atoms with Gasteiger partial charge in [-0.15, -0.1) is 0 Å². The van der Waals surface area contributed by atoms with Crippen LogP contribution in [-0.4, -0.2) is 9.55 Å². The number of nitrogen functional groups attached to an aromatic ring is 1. The first-order valence-electron chi connectivity index (χ1n) is 6.77. The molecule has 5 heteroatoms. The Morgan fingerprint density at radius 2 is 2.10 bits per heavy atom. The molecular formula is C15H19BrClN3. The molecule has 20 heavy (non-hydrogen) atoms. The summed E-state index contributed by atoms with van der Waals surface area (Å²) in [6.07, 6.45) is 1.95. The molecule has 0 aliphatic rings. The zero-order chi connectivity index (χ0) is 14.9. The van der Waals surface area contributed by atoms with Crippen molar-refractivity contribution in [2.24, 2.45) is 0 Å². The number of anilines is 1. The number of aromatic nitrogens is 2. The van der Waals surface area contributed by atoms with Crippen LogP contribution in [0.1, 0.15) is 39.1 Å². The highest BCUT2D eigenvalue weighted by molar-refractivity contribution is 9.10. The minimum Gasteiger partial charge on any atom is -0.383 e. The summed E-state index contributed by atoms with van der Waals surface area (Å²) in [5.41, 5.74) is 7.96. The molecule has 2 N–H and O–H groups in total. The molecule has 3 nitrogen and oxygen atoms in total. The summed E-state index contributed by atoms with van der Waals surface area (Å²) in [4.78, 5) is 4.72. The van der Waals surface area contributed by atoms with Crippen molar-refractivity contribution < 1.29 is 0 Å². The quantitative estimate of drug-likeness (QED) is 0.830. The Hall–Kier alpha value is -1.00.